The molecule has 130 valence electrons. The van der Waals surface area contributed by atoms with Crippen LogP contribution in [-0.2, 0) is 14.3 Å². The molecule has 1 amide bonds. The van der Waals surface area contributed by atoms with Crippen molar-refractivity contribution in [3.8, 4) is 0 Å². The predicted molar refractivity (Wildman–Crippen MR) is 87.7 cm³/mol. The lowest BCUT2D eigenvalue weighted by Gasteiger charge is -2.46. The first-order chi connectivity index (χ1) is 11.0. The number of carbonyl (C=O) groups is 2. The molecular weight excluding hydrogens is 292 g/mol. The predicted octanol–water partition coefficient (Wildman–Crippen LogP) is 1.95. The highest BCUT2D eigenvalue weighted by Gasteiger charge is 2.51. The third-order valence-corrected chi connectivity index (χ3v) is 6.57. The van der Waals surface area contributed by atoms with Crippen LogP contribution in [0.4, 0.5) is 0 Å². The molecule has 0 radical (unpaired) electrons. The molecule has 1 aliphatic carbocycles. The maximum Gasteiger partial charge on any atom is 0.310 e. The Morgan fingerprint density at radius 2 is 1.78 bits per heavy atom. The Bertz CT molecular complexity index is 459. The van der Waals surface area contributed by atoms with Crippen LogP contribution in [0.15, 0.2) is 0 Å². The molecule has 2 heterocycles. The van der Waals surface area contributed by atoms with Gasteiger partial charge in [-0.15, -0.1) is 0 Å². The van der Waals surface area contributed by atoms with Crippen LogP contribution in [0.25, 0.3) is 0 Å². The molecule has 2 unspecified atom stereocenters. The number of nitrogens with zero attached hydrogens (tertiary/aromatic N) is 1. The van der Waals surface area contributed by atoms with Crippen LogP contribution in [0.1, 0.15) is 51.9 Å². The molecule has 2 aliphatic heterocycles. The van der Waals surface area contributed by atoms with E-state index in [1.165, 1.54) is 13.5 Å². The monoisotopic (exact) mass is 322 g/mol. The molecule has 0 aromatic carbocycles. The summed E-state index contributed by atoms with van der Waals surface area (Å²) in [6, 6.07) is 1.32. The van der Waals surface area contributed by atoms with Gasteiger partial charge in [-0.2, -0.15) is 0 Å². The third-order valence-electron chi connectivity index (χ3n) is 6.57. The molecule has 4 atom stereocenters. The van der Waals surface area contributed by atoms with E-state index in [0.717, 1.165) is 38.5 Å². The Balaban J connectivity index is 1.68. The molecular formula is C18H30N2O3. The van der Waals surface area contributed by atoms with E-state index < -0.39 is 0 Å². The van der Waals surface area contributed by atoms with Crippen molar-refractivity contribution >= 4 is 11.9 Å². The van der Waals surface area contributed by atoms with Crippen LogP contribution in [0, 0.1) is 17.8 Å². The summed E-state index contributed by atoms with van der Waals surface area (Å²) in [6.45, 7) is 1.59. The van der Waals surface area contributed by atoms with Crippen molar-refractivity contribution in [1.82, 2.24) is 10.2 Å². The standard InChI is InChI=1S/C18H30N2O3/c1-11(21)19-13-6-4-12(5-7-13)15-10-14-8-9-16(20(14)2)17(15)18(22)23-3/h12-17H,4-10H2,1-3H3,(H,19,21)/t12?,13?,14-,15-,16?,17?/m1/s1. The quantitative estimate of drug-likeness (QED) is 0.807. The fraction of sp³-hybridized carbons (Fsp3) is 0.889. The lowest BCUT2D eigenvalue weighted by Crippen LogP contribution is -2.52. The van der Waals surface area contributed by atoms with Crippen molar-refractivity contribution in [3.05, 3.63) is 0 Å². The first-order valence-electron chi connectivity index (χ1n) is 9.08. The van der Waals surface area contributed by atoms with Crippen LogP contribution in [0.5, 0.6) is 0 Å². The fourth-order valence-electron chi connectivity index (χ4n) is 5.44. The van der Waals surface area contributed by atoms with E-state index in [0.29, 0.717) is 30.0 Å². The number of hydrogen-bond acceptors (Lipinski definition) is 4. The molecule has 3 rings (SSSR count). The summed E-state index contributed by atoms with van der Waals surface area (Å²) in [5, 5.41) is 3.05. The van der Waals surface area contributed by atoms with E-state index in [1.807, 2.05) is 0 Å². The number of methoxy groups -OCH3 is 1. The Morgan fingerprint density at radius 3 is 2.39 bits per heavy atom. The van der Waals surface area contributed by atoms with E-state index in [1.54, 1.807) is 6.92 Å². The Kier molecular flexibility index (Phi) is 4.95. The highest BCUT2D eigenvalue weighted by atomic mass is 16.5. The molecule has 3 fully saturated rings. The van der Waals surface area contributed by atoms with Gasteiger partial charge in [0.1, 0.15) is 0 Å². The zero-order valence-electron chi connectivity index (χ0n) is 14.6. The van der Waals surface area contributed by atoms with Gasteiger partial charge in [0.25, 0.3) is 0 Å². The summed E-state index contributed by atoms with van der Waals surface area (Å²) in [5.41, 5.74) is 0. The molecule has 1 N–H and O–H groups in total. The van der Waals surface area contributed by atoms with Gasteiger partial charge in [-0.05, 0) is 63.8 Å². The van der Waals surface area contributed by atoms with Gasteiger partial charge in [0.2, 0.25) is 5.91 Å². The Labute approximate surface area is 139 Å². The molecule has 0 aromatic heterocycles. The SMILES string of the molecule is COC(=O)C1C2CC[C@H](C[C@@H]1C1CCC(NC(C)=O)CC1)N2C. The van der Waals surface area contributed by atoms with E-state index >= 15 is 0 Å². The molecule has 0 aromatic rings. The number of carbonyl (C=O) groups excluding carboxylic acids is 2. The average molecular weight is 322 g/mol. The molecule has 2 bridgehead atoms. The summed E-state index contributed by atoms with van der Waals surface area (Å²) in [6.07, 6.45) is 7.78. The van der Waals surface area contributed by atoms with Crippen LogP contribution in [-0.4, -0.2) is 49.1 Å². The normalized spacial score (nSPS) is 40.7. The average Bonchev–Trinajstić information content (AvgIpc) is 2.77. The minimum absolute atomic E-state index is 0.0174. The zero-order valence-corrected chi connectivity index (χ0v) is 14.6. The highest BCUT2D eigenvalue weighted by molar-refractivity contribution is 5.74. The maximum absolute atomic E-state index is 12.5. The lowest BCUT2D eigenvalue weighted by molar-refractivity contribution is -0.154. The van der Waals surface area contributed by atoms with Gasteiger partial charge < -0.3 is 10.1 Å². The van der Waals surface area contributed by atoms with Gasteiger partial charge in [0.15, 0.2) is 0 Å². The van der Waals surface area contributed by atoms with Gasteiger partial charge in [0.05, 0.1) is 13.0 Å². The number of hydrogen-bond donors (Lipinski definition) is 1. The van der Waals surface area contributed by atoms with Crippen molar-refractivity contribution < 1.29 is 14.3 Å². The van der Waals surface area contributed by atoms with Crippen molar-refractivity contribution in [2.75, 3.05) is 14.2 Å². The lowest BCUT2D eigenvalue weighted by atomic mass is 9.67. The van der Waals surface area contributed by atoms with Crippen molar-refractivity contribution in [2.45, 2.75) is 70.0 Å². The van der Waals surface area contributed by atoms with Gasteiger partial charge in [-0.3, -0.25) is 14.5 Å². The Morgan fingerprint density at radius 1 is 1.09 bits per heavy atom. The number of amides is 1. The maximum atomic E-state index is 12.5. The van der Waals surface area contributed by atoms with Crippen molar-refractivity contribution in [2.24, 2.45) is 17.8 Å². The topological polar surface area (TPSA) is 58.6 Å². The molecule has 5 heteroatoms. The van der Waals surface area contributed by atoms with E-state index in [2.05, 4.69) is 17.3 Å². The Hall–Kier alpha value is -1.10. The van der Waals surface area contributed by atoms with Gasteiger partial charge in [-0.1, -0.05) is 0 Å². The smallest absolute Gasteiger partial charge is 0.310 e. The van der Waals surface area contributed by atoms with Crippen LogP contribution in [0.2, 0.25) is 0 Å². The number of fused-ring (bicyclic) bond motifs is 2. The summed E-state index contributed by atoms with van der Waals surface area (Å²) in [4.78, 5) is 26.1. The number of esters is 1. The van der Waals surface area contributed by atoms with Gasteiger partial charge in [-0.25, -0.2) is 0 Å². The fourth-order valence-corrected chi connectivity index (χ4v) is 5.44. The number of piperidine rings is 1. The first kappa shape index (κ1) is 16.7. The zero-order chi connectivity index (χ0) is 16.6. The largest absolute Gasteiger partial charge is 0.469 e. The molecule has 23 heavy (non-hydrogen) atoms. The summed E-state index contributed by atoms with van der Waals surface area (Å²) in [5.74, 6) is 1.14. The molecule has 3 aliphatic rings. The first-order valence-corrected chi connectivity index (χ1v) is 9.08. The second-order valence-electron chi connectivity index (χ2n) is 7.72. The number of rotatable bonds is 3. The van der Waals surface area contributed by atoms with Crippen LogP contribution < -0.4 is 5.32 Å². The van der Waals surface area contributed by atoms with Crippen LogP contribution >= 0.6 is 0 Å². The summed E-state index contributed by atoms with van der Waals surface area (Å²) >= 11 is 0. The van der Waals surface area contributed by atoms with E-state index in [4.69, 9.17) is 4.74 Å². The minimum atomic E-state index is -0.0174. The highest BCUT2D eigenvalue weighted by Crippen LogP contribution is 2.48. The second-order valence-corrected chi connectivity index (χ2v) is 7.72. The number of ether oxygens (including phenoxy) is 1. The van der Waals surface area contributed by atoms with Gasteiger partial charge >= 0.3 is 5.97 Å². The van der Waals surface area contributed by atoms with Crippen LogP contribution in [0.3, 0.4) is 0 Å². The van der Waals surface area contributed by atoms with E-state index in [9.17, 15) is 9.59 Å². The molecule has 1 saturated carbocycles. The molecule has 5 nitrogen and oxygen atoms in total. The summed E-state index contributed by atoms with van der Waals surface area (Å²) in [7, 11) is 3.69. The molecule has 2 saturated heterocycles. The minimum Gasteiger partial charge on any atom is -0.469 e. The van der Waals surface area contributed by atoms with Gasteiger partial charge in [0, 0.05) is 25.0 Å². The van der Waals surface area contributed by atoms with Crippen molar-refractivity contribution in [1.29, 1.82) is 0 Å². The van der Waals surface area contributed by atoms with E-state index in [-0.39, 0.29) is 17.8 Å². The van der Waals surface area contributed by atoms with Crippen molar-refractivity contribution in [3.63, 3.8) is 0 Å². The third kappa shape index (κ3) is 3.25. The second kappa shape index (κ2) is 6.80. The number of nitrogens with one attached hydrogen (secondary N) is 1. The summed E-state index contributed by atoms with van der Waals surface area (Å²) < 4.78 is 5.16. The molecule has 0 spiro atoms.